The Morgan fingerprint density at radius 2 is 1.54 bits per heavy atom. The van der Waals surface area contributed by atoms with Gasteiger partial charge in [0.05, 0.1) is 28.1 Å². The van der Waals surface area contributed by atoms with Crippen LogP contribution in [0.5, 0.6) is 0 Å². The average molecular weight is 823 g/mol. The summed E-state index contributed by atoms with van der Waals surface area (Å²) in [6.07, 6.45) is 27.0. The zero-order valence-corrected chi connectivity index (χ0v) is 37.5. The standard InChI is InChI=1S/C59H58N4/c1-9-15-22-47-40-58(63-59(41(47)7)42(8)55(14-6)60-63)46-29-36-52(37-30-46)61(50-32-25-44(26-33-50)43-23-17-16-18-24-43)51-34-27-45(28-35-51)48-31-38-57-54(39-48)53(13-5)56(21-12-4)62(57)49(19-10-2)20-11-3/h9-13,15-25,27-31,34-40,50H,2,5,7,14,26,32-33H2,1,3-4,6,8H3/b15-9-,20-11-,21-12-,47-22-,49-19+/t50-/m1/s1. The number of hydrogen-bond acceptors (Lipinski definition) is 2. The van der Waals surface area contributed by atoms with E-state index >= 15 is 0 Å². The molecule has 0 spiro atoms. The van der Waals surface area contributed by atoms with Gasteiger partial charge in [0.25, 0.3) is 0 Å². The normalized spacial score (nSPS) is 15.1. The van der Waals surface area contributed by atoms with Crippen molar-refractivity contribution < 1.29 is 0 Å². The number of benzene rings is 4. The first-order chi connectivity index (χ1) is 30.8. The molecule has 0 saturated carbocycles. The zero-order chi connectivity index (χ0) is 44.0. The van der Waals surface area contributed by atoms with Crippen LogP contribution in [-0.4, -0.2) is 20.2 Å². The third kappa shape index (κ3) is 8.17. The van der Waals surface area contributed by atoms with Crippen LogP contribution in [0.15, 0.2) is 165 Å². The Kier molecular flexibility index (Phi) is 12.7. The van der Waals surface area contributed by atoms with E-state index in [-0.39, 0.29) is 0 Å². The van der Waals surface area contributed by atoms with E-state index < -0.39 is 0 Å². The van der Waals surface area contributed by atoms with E-state index in [0.29, 0.717) is 6.04 Å². The third-order valence-corrected chi connectivity index (χ3v) is 12.4. The summed E-state index contributed by atoms with van der Waals surface area (Å²) in [4.78, 5) is 2.55. The summed E-state index contributed by atoms with van der Waals surface area (Å²) in [6.45, 7) is 23.3. The van der Waals surface area contributed by atoms with Gasteiger partial charge in [0.1, 0.15) is 0 Å². The number of anilines is 2. The fraction of sp³-hybridized carbons (Fsp3) is 0.169. The number of rotatable bonds is 13. The molecule has 1 aliphatic carbocycles. The maximum absolute atomic E-state index is 5.11. The van der Waals surface area contributed by atoms with Gasteiger partial charge in [-0.15, -0.1) is 0 Å². The second-order valence-electron chi connectivity index (χ2n) is 16.2. The summed E-state index contributed by atoms with van der Waals surface area (Å²) in [5, 5.41) is 8.38. The van der Waals surface area contributed by atoms with E-state index in [2.05, 4.69) is 212 Å². The van der Waals surface area contributed by atoms with Crippen LogP contribution in [0.3, 0.4) is 0 Å². The monoisotopic (exact) mass is 822 g/mol. The molecule has 4 nitrogen and oxygen atoms in total. The van der Waals surface area contributed by atoms with Gasteiger partial charge in [-0.1, -0.05) is 136 Å². The summed E-state index contributed by atoms with van der Waals surface area (Å²) >= 11 is 0. The quantitative estimate of drug-likeness (QED) is 0.108. The Labute approximate surface area is 373 Å². The van der Waals surface area contributed by atoms with Gasteiger partial charge in [-0.2, -0.15) is 5.10 Å². The molecule has 8 rings (SSSR count). The van der Waals surface area contributed by atoms with Crippen molar-refractivity contribution in [2.45, 2.75) is 66.3 Å². The molecule has 0 amide bonds. The van der Waals surface area contributed by atoms with Crippen molar-refractivity contribution in [3.05, 3.63) is 203 Å². The van der Waals surface area contributed by atoms with Gasteiger partial charge < -0.3 is 9.47 Å². The minimum absolute atomic E-state index is 0.292. The maximum atomic E-state index is 5.11. The fourth-order valence-corrected chi connectivity index (χ4v) is 9.36. The van der Waals surface area contributed by atoms with E-state index in [1.54, 1.807) is 0 Å². The first-order valence-corrected chi connectivity index (χ1v) is 22.3. The van der Waals surface area contributed by atoms with E-state index in [4.69, 9.17) is 5.10 Å². The molecule has 63 heavy (non-hydrogen) atoms. The molecule has 314 valence electrons. The fourth-order valence-electron chi connectivity index (χ4n) is 9.36. The highest BCUT2D eigenvalue weighted by Crippen LogP contribution is 2.39. The van der Waals surface area contributed by atoms with Crippen molar-refractivity contribution in [2.75, 3.05) is 4.90 Å². The Hall–Kier alpha value is -7.17. The van der Waals surface area contributed by atoms with Crippen molar-refractivity contribution in [3.63, 3.8) is 0 Å². The van der Waals surface area contributed by atoms with Crippen molar-refractivity contribution in [2.24, 2.45) is 0 Å². The largest absolute Gasteiger partial charge is 0.338 e. The van der Waals surface area contributed by atoms with Gasteiger partial charge in [0, 0.05) is 44.8 Å². The molecule has 4 heteroatoms. The number of aryl methyl sites for hydroxylation is 2. The van der Waals surface area contributed by atoms with E-state index in [1.807, 2.05) is 26.0 Å². The Morgan fingerprint density at radius 1 is 0.825 bits per heavy atom. The van der Waals surface area contributed by atoms with Gasteiger partial charge >= 0.3 is 0 Å². The number of hydrogen-bond donors (Lipinski definition) is 0. The average Bonchev–Trinajstić information content (AvgIpc) is 3.83. The molecule has 0 unspecified atom stereocenters. The second kappa shape index (κ2) is 18.8. The van der Waals surface area contributed by atoms with Crippen LogP contribution in [-0.2, 0) is 6.42 Å². The minimum atomic E-state index is 0.292. The molecule has 0 bridgehead atoms. The maximum Gasteiger partial charge on any atom is 0.0773 e. The zero-order valence-electron chi connectivity index (χ0n) is 37.5. The van der Waals surface area contributed by atoms with Crippen molar-refractivity contribution in [1.82, 2.24) is 14.2 Å². The Balaban J connectivity index is 1.20. The minimum Gasteiger partial charge on any atom is -0.338 e. The highest BCUT2D eigenvalue weighted by atomic mass is 15.2. The van der Waals surface area contributed by atoms with Crippen LogP contribution >= 0.6 is 0 Å². The van der Waals surface area contributed by atoms with Crippen molar-refractivity contribution in [1.29, 1.82) is 0 Å². The number of aromatic nitrogens is 3. The lowest BCUT2D eigenvalue weighted by molar-refractivity contribution is 0.598. The number of fused-ring (bicyclic) bond motifs is 2. The molecule has 0 aliphatic heterocycles. The Bertz CT molecular complexity index is 3090. The predicted octanol–water partition coefficient (Wildman–Crippen LogP) is 14.3. The molecule has 0 saturated heterocycles. The number of pyridine rings is 1. The molecule has 4 aromatic carbocycles. The van der Waals surface area contributed by atoms with Crippen LogP contribution in [0.1, 0.15) is 75.0 Å². The summed E-state index contributed by atoms with van der Waals surface area (Å²) in [5.41, 5.74) is 17.4. The lowest BCUT2D eigenvalue weighted by atomic mass is 9.89. The Morgan fingerprint density at radius 3 is 2.16 bits per heavy atom. The summed E-state index contributed by atoms with van der Waals surface area (Å²) in [7, 11) is 0. The molecule has 0 fully saturated rings. The molecule has 1 atom stereocenters. The van der Waals surface area contributed by atoms with Crippen molar-refractivity contribution >= 4 is 63.9 Å². The van der Waals surface area contributed by atoms with E-state index in [1.165, 1.54) is 33.6 Å². The van der Waals surface area contributed by atoms with Crippen LogP contribution in [0, 0.1) is 6.92 Å². The number of allylic oxidation sites excluding steroid dienone is 9. The van der Waals surface area contributed by atoms with Gasteiger partial charge in [-0.3, -0.25) is 0 Å². The molecule has 1 aliphatic rings. The summed E-state index contributed by atoms with van der Waals surface area (Å²) in [6, 6.07) is 38.4. The van der Waals surface area contributed by atoms with Crippen molar-refractivity contribution in [3.8, 4) is 22.4 Å². The van der Waals surface area contributed by atoms with Crippen LogP contribution in [0.2, 0.25) is 0 Å². The second-order valence-corrected chi connectivity index (χ2v) is 16.2. The molecule has 0 N–H and O–H groups in total. The highest BCUT2D eigenvalue weighted by molar-refractivity contribution is 5.99. The van der Waals surface area contributed by atoms with Crippen LogP contribution in [0.25, 0.3) is 74.9 Å². The van der Waals surface area contributed by atoms with E-state index in [9.17, 15) is 0 Å². The first-order valence-electron chi connectivity index (χ1n) is 22.3. The van der Waals surface area contributed by atoms with Crippen LogP contribution < -0.4 is 15.3 Å². The molecule has 0 radical (unpaired) electrons. The summed E-state index contributed by atoms with van der Waals surface area (Å²) < 4.78 is 4.40. The summed E-state index contributed by atoms with van der Waals surface area (Å²) in [5.74, 6) is 0. The smallest absolute Gasteiger partial charge is 0.0773 e. The van der Waals surface area contributed by atoms with Gasteiger partial charge in [-0.05, 0) is 147 Å². The first kappa shape index (κ1) is 42.5. The molecular formula is C59H58N4. The third-order valence-electron chi connectivity index (χ3n) is 12.4. The predicted molar refractivity (Wildman–Crippen MR) is 274 cm³/mol. The molecule has 3 heterocycles. The topological polar surface area (TPSA) is 25.5 Å². The van der Waals surface area contributed by atoms with Crippen LogP contribution in [0.4, 0.5) is 11.4 Å². The SMILES string of the molecule is C=C/C=C(\C=C/C)n1c(/C=C\C)c(C=C)c2cc(-c3ccc(N(c4ccc(-c5c/c(=C/C=C\C)c(=C)c6c(C)c(CC)nn56)cc4)[C@@H]4CC=C(c5ccccc5)CC4)cc3)ccc21. The molecule has 7 aromatic rings. The molecule has 3 aromatic heterocycles. The van der Waals surface area contributed by atoms with Gasteiger partial charge in [0.15, 0.2) is 0 Å². The van der Waals surface area contributed by atoms with Gasteiger partial charge in [0.2, 0.25) is 0 Å². The molecular weight excluding hydrogens is 765 g/mol. The highest BCUT2D eigenvalue weighted by Gasteiger charge is 2.25. The lowest BCUT2D eigenvalue weighted by Crippen LogP contribution is -2.32. The lowest BCUT2D eigenvalue weighted by Gasteiger charge is -2.36. The van der Waals surface area contributed by atoms with Gasteiger partial charge in [-0.25, -0.2) is 4.52 Å². The van der Waals surface area contributed by atoms with E-state index in [0.717, 1.165) is 92.0 Å². The number of nitrogens with zero attached hydrogens (tertiary/aromatic N) is 4.